The van der Waals surface area contributed by atoms with Gasteiger partial charge in [0.25, 0.3) is 0 Å². The van der Waals surface area contributed by atoms with Gasteiger partial charge in [-0.3, -0.25) is 4.79 Å². The standard InChI is InChI=1S/C11H12BrClN2O3/c1-15(6-5-9(16)17)11(18)14-8-4-2-3-7(12)10(8)13/h2-4H,5-6H2,1H3,(H,14,18)(H,16,17). The number of nitrogens with zero attached hydrogens (tertiary/aromatic N) is 1. The van der Waals surface area contributed by atoms with Gasteiger partial charge in [-0.1, -0.05) is 17.7 Å². The quantitative estimate of drug-likeness (QED) is 0.888. The lowest BCUT2D eigenvalue weighted by molar-refractivity contribution is -0.137. The van der Waals surface area contributed by atoms with E-state index in [1.54, 1.807) is 18.2 Å². The Balaban J connectivity index is 2.64. The topological polar surface area (TPSA) is 69.6 Å². The van der Waals surface area contributed by atoms with E-state index in [1.165, 1.54) is 11.9 Å². The number of anilines is 1. The van der Waals surface area contributed by atoms with Crippen LogP contribution in [0.5, 0.6) is 0 Å². The van der Waals surface area contributed by atoms with Crippen LogP contribution in [0.1, 0.15) is 6.42 Å². The van der Waals surface area contributed by atoms with Crippen LogP contribution in [0.3, 0.4) is 0 Å². The summed E-state index contributed by atoms with van der Waals surface area (Å²) in [5, 5.41) is 11.5. The highest BCUT2D eigenvalue weighted by Gasteiger charge is 2.12. The second-order valence-electron chi connectivity index (χ2n) is 3.60. The molecule has 0 heterocycles. The first-order valence-corrected chi connectivity index (χ1v) is 6.27. The summed E-state index contributed by atoms with van der Waals surface area (Å²) in [5.74, 6) is -0.949. The van der Waals surface area contributed by atoms with E-state index in [2.05, 4.69) is 21.2 Å². The zero-order chi connectivity index (χ0) is 13.7. The van der Waals surface area contributed by atoms with Crippen LogP contribution < -0.4 is 5.32 Å². The van der Waals surface area contributed by atoms with E-state index >= 15 is 0 Å². The van der Waals surface area contributed by atoms with Crippen molar-refractivity contribution in [2.45, 2.75) is 6.42 Å². The number of carboxylic acid groups (broad SMARTS) is 1. The van der Waals surface area contributed by atoms with Crippen LogP contribution in [0, 0.1) is 0 Å². The highest BCUT2D eigenvalue weighted by atomic mass is 79.9. The molecular weight excluding hydrogens is 323 g/mol. The summed E-state index contributed by atoms with van der Waals surface area (Å²) < 4.78 is 0.676. The number of aliphatic carboxylic acids is 1. The fraction of sp³-hybridized carbons (Fsp3) is 0.273. The predicted octanol–water partition coefficient (Wildman–Crippen LogP) is 3.04. The van der Waals surface area contributed by atoms with E-state index in [-0.39, 0.29) is 13.0 Å². The maximum Gasteiger partial charge on any atom is 0.321 e. The number of amides is 2. The largest absolute Gasteiger partial charge is 0.481 e. The predicted molar refractivity (Wildman–Crippen MR) is 73.1 cm³/mol. The molecule has 0 aliphatic rings. The van der Waals surface area contributed by atoms with E-state index in [0.29, 0.717) is 15.2 Å². The van der Waals surface area contributed by atoms with E-state index in [0.717, 1.165) is 0 Å². The van der Waals surface area contributed by atoms with Crippen molar-refractivity contribution in [1.29, 1.82) is 0 Å². The molecule has 0 aliphatic heterocycles. The minimum atomic E-state index is -0.949. The molecule has 1 rings (SSSR count). The average Bonchev–Trinajstić information content (AvgIpc) is 2.31. The van der Waals surface area contributed by atoms with Gasteiger partial charge in [-0.05, 0) is 28.1 Å². The van der Waals surface area contributed by atoms with Gasteiger partial charge in [0.2, 0.25) is 0 Å². The van der Waals surface area contributed by atoms with Gasteiger partial charge in [0.15, 0.2) is 0 Å². The molecule has 0 bridgehead atoms. The van der Waals surface area contributed by atoms with Crippen molar-refractivity contribution in [2.75, 3.05) is 18.9 Å². The molecule has 0 saturated carbocycles. The van der Waals surface area contributed by atoms with Crippen LogP contribution >= 0.6 is 27.5 Å². The van der Waals surface area contributed by atoms with Crippen molar-refractivity contribution in [3.63, 3.8) is 0 Å². The van der Waals surface area contributed by atoms with Gasteiger partial charge in [0.05, 0.1) is 17.1 Å². The number of urea groups is 1. The first-order chi connectivity index (χ1) is 8.41. The van der Waals surface area contributed by atoms with Crippen molar-refractivity contribution in [2.24, 2.45) is 0 Å². The number of nitrogens with one attached hydrogen (secondary N) is 1. The van der Waals surface area contributed by atoms with Crippen LogP contribution in [-0.2, 0) is 4.79 Å². The van der Waals surface area contributed by atoms with Crippen molar-refractivity contribution >= 4 is 45.2 Å². The van der Waals surface area contributed by atoms with Crippen LogP contribution in [-0.4, -0.2) is 35.6 Å². The Morgan fingerprint density at radius 2 is 2.17 bits per heavy atom. The molecule has 0 aliphatic carbocycles. The summed E-state index contributed by atoms with van der Waals surface area (Å²) in [5.41, 5.74) is 0.471. The molecule has 98 valence electrons. The highest BCUT2D eigenvalue weighted by Crippen LogP contribution is 2.29. The first kappa shape index (κ1) is 14.8. The van der Waals surface area contributed by atoms with Crippen LogP contribution in [0.15, 0.2) is 22.7 Å². The normalized spacial score (nSPS) is 9.94. The SMILES string of the molecule is CN(CCC(=O)O)C(=O)Nc1cccc(Br)c1Cl. The number of halogens is 2. The van der Waals surface area contributed by atoms with Crippen molar-refractivity contribution in [3.8, 4) is 0 Å². The molecule has 5 nitrogen and oxygen atoms in total. The van der Waals surface area contributed by atoms with Crippen LogP contribution in [0.2, 0.25) is 5.02 Å². The van der Waals surface area contributed by atoms with Gasteiger partial charge < -0.3 is 15.3 Å². The molecule has 0 unspecified atom stereocenters. The highest BCUT2D eigenvalue weighted by molar-refractivity contribution is 9.10. The van der Waals surface area contributed by atoms with Gasteiger partial charge in [0, 0.05) is 18.1 Å². The minimum absolute atomic E-state index is 0.101. The number of rotatable bonds is 4. The third-order valence-electron chi connectivity index (χ3n) is 2.20. The van der Waals surface area contributed by atoms with Gasteiger partial charge in [-0.25, -0.2) is 4.79 Å². The molecule has 0 aromatic heterocycles. The Hall–Kier alpha value is -1.27. The Bertz CT molecular complexity index is 468. The molecule has 0 spiro atoms. The summed E-state index contributed by atoms with van der Waals surface area (Å²) in [4.78, 5) is 23.4. The second kappa shape index (κ2) is 6.61. The zero-order valence-corrected chi connectivity index (χ0v) is 12.0. The Labute approximate surface area is 118 Å². The smallest absolute Gasteiger partial charge is 0.321 e. The van der Waals surface area contributed by atoms with Gasteiger partial charge >= 0.3 is 12.0 Å². The number of benzene rings is 1. The van der Waals surface area contributed by atoms with Crippen molar-refractivity contribution in [1.82, 2.24) is 4.90 Å². The van der Waals surface area contributed by atoms with E-state index in [9.17, 15) is 9.59 Å². The summed E-state index contributed by atoms with van der Waals surface area (Å²) in [7, 11) is 1.52. The lowest BCUT2D eigenvalue weighted by Gasteiger charge is -2.17. The fourth-order valence-corrected chi connectivity index (χ4v) is 1.72. The zero-order valence-electron chi connectivity index (χ0n) is 9.61. The molecule has 18 heavy (non-hydrogen) atoms. The maximum absolute atomic E-state index is 11.7. The molecular formula is C11H12BrClN2O3. The Morgan fingerprint density at radius 1 is 1.50 bits per heavy atom. The number of carboxylic acids is 1. The molecule has 0 radical (unpaired) electrons. The van der Waals surface area contributed by atoms with E-state index in [1.807, 2.05) is 0 Å². The van der Waals surface area contributed by atoms with Crippen molar-refractivity contribution < 1.29 is 14.7 Å². The summed E-state index contributed by atoms with van der Waals surface area (Å²) in [6, 6.07) is 4.75. The number of carbonyl (C=O) groups is 2. The fourth-order valence-electron chi connectivity index (χ4n) is 1.18. The average molecular weight is 336 g/mol. The monoisotopic (exact) mass is 334 g/mol. The van der Waals surface area contributed by atoms with E-state index in [4.69, 9.17) is 16.7 Å². The summed E-state index contributed by atoms with van der Waals surface area (Å²) in [6.07, 6.45) is -0.101. The molecule has 0 saturated heterocycles. The number of carbonyl (C=O) groups excluding carboxylic acids is 1. The maximum atomic E-state index is 11.7. The third kappa shape index (κ3) is 4.19. The van der Waals surface area contributed by atoms with Crippen LogP contribution in [0.25, 0.3) is 0 Å². The Kier molecular flexibility index (Phi) is 5.43. The second-order valence-corrected chi connectivity index (χ2v) is 4.83. The van der Waals surface area contributed by atoms with Crippen molar-refractivity contribution in [3.05, 3.63) is 27.7 Å². The Morgan fingerprint density at radius 3 is 2.78 bits per heavy atom. The number of hydrogen-bond donors (Lipinski definition) is 2. The lowest BCUT2D eigenvalue weighted by Crippen LogP contribution is -2.33. The summed E-state index contributed by atoms with van der Waals surface area (Å²) in [6.45, 7) is 0.132. The van der Waals surface area contributed by atoms with E-state index < -0.39 is 12.0 Å². The first-order valence-electron chi connectivity index (χ1n) is 5.09. The molecule has 0 atom stereocenters. The molecule has 2 amide bonds. The lowest BCUT2D eigenvalue weighted by atomic mass is 10.3. The van der Waals surface area contributed by atoms with Gasteiger partial charge in [0.1, 0.15) is 0 Å². The molecule has 1 aromatic carbocycles. The molecule has 1 aromatic rings. The molecule has 0 fully saturated rings. The molecule has 7 heteroatoms. The van der Waals surface area contributed by atoms with Crippen LogP contribution in [0.4, 0.5) is 10.5 Å². The minimum Gasteiger partial charge on any atom is -0.481 e. The number of hydrogen-bond acceptors (Lipinski definition) is 2. The molecule has 2 N–H and O–H groups in total. The summed E-state index contributed by atoms with van der Waals surface area (Å²) >= 11 is 9.24. The van der Waals surface area contributed by atoms with Gasteiger partial charge in [-0.15, -0.1) is 0 Å². The van der Waals surface area contributed by atoms with Gasteiger partial charge in [-0.2, -0.15) is 0 Å². The third-order valence-corrected chi connectivity index (χ3v) is 3.50.